The van der Waals surface area contributed by atoms with Crippen LogP contribution in [0.5, 0.6) is 0 Å². The molecule has 0 radical (unpaired) electrons. The first-order valence-electron chi connectivity index (χ1n) is 8.74. The molecule has 0 atom stereocenters. The van der Waals surface area contributed by atoms with Crippen molar-refractivity contribution >= 4 is 16.0 Å². The van der Waals surface area contributed by atoms with E-state index in [1.54, 1.807) is 19.1 Å². The van der Waals surface area contributed by atoms with Gasteiger partial charge in [-0.2, -0.15) is 4.31 Å². The van der Waals surface area contributed by atoms with Gasteiger partial charge in [0.15, 0.2) is 0 Å². The maximum absolute atomic E-state index is 12.7. The maximum Gasteiger partial charge on any atom is 0.309 e. The van der Waals surface area contributed by atoms with Crippen molar-refractivity contribution in [1.82, 2.24) is 4.31 Å². The molecule has 0 bridgehead atoms. The predicted molar refractivity (Wildman–Crippen MR) is 93.2 cm³/mol. The van der Waals surface area contributed by atoms with Gasteiger partial charge in [0.05, 0.1) is 17.4 Å². The molecule has 24 heavy (non-hydrogen) atoms. The van der Waals surface area contributed by atoms with Crippen LogP contribution in [-0.2, 0) is 26.0 Å². The Morgan fingerprint density at radius 3 is 2.33 bits per heavy atom. The van der Waals surface area contributed by atoms with Crippen LogP contribution >= 0.6 is 0 Å². The third-order valence-corrected chi connectivity index (χ3v) is 6.37. The van der Waals surface area contributed by atoms with E-state index in [4.69, 9.17) is 4.74 Å². The zero-order valence-corrected chi connectivity index (χ0v) is 15.3. The summed E-state index contributed by atoms with van der Waals surface area (Å²) in [5, 5.41) is 0. The average molecular weight is 353 g/mol. The first-order valence-corrected chi connectivity index (χ1v) is 10.2. The first kappa shape index (κ1) is 18.9. The number of hydrogen-bond acceptors (Lipinski definition) is 4. The lowest BCUT2D eigenvalue weighted by atomic mass is 9.98. The number of piperidine rings is 1. The van der Waals surface area contributed by atoms with Gasteiger partial charge < -0.3 is 4.74 Å². The highest BCUT2D eigenvalue weighted by Gasteiger charge is 2.32. The quantitative estimate of drug-likeness (QED) is 0.707. The van der Waals surface area contributed by atoms with Crippen molar-refractivity contribution in [2.75, 3.05) is 19.7 Å². The Kier molecular flexibility index (Phi) is 6.80. The van der Waals surface area contributed by atoms with Crippen LogP contribution in [0.25, 0.3) is 0 Å². The van der Waals surface area contributed by atoms with Gasteiger partial charge in [-0.05, 0) is 50.3 Å². The van der Waals surface area contributed by atoms with Crippen molar-refractivity contribution < 1.29 is 17.9 Å². The Morgan fingerprint density at radius 2 is 1.79 bits per heavy atom. The molecule has 134 valence electrons. The molecule has 1 aromatic carbocycles. The van der Waals surface area contributed by atoms with E-state index in [-0.39, 0.29) is 11.9 Å². The van der Waals surface area contributed by atoms with Gasteiger partial charge in [-0.15, -0.1) is 0 Å². The third-order valence-electron chi connectivity index (χ3n) is 4.45. The van der Waals surface area contributed by atoms with Crippen LogP contribution in [0.3, 0.4) is 0 Å². The van der Waals surface area contributed by atoms with Gasteiger partial charge in [-0.3, -0.25) is 4.79 Å². The molecular formula is C18H27NO4S. The highest BCUT2D eigenvalue weighted by Crippen LogP contribution is 2.25. The Morgan fingerprint density at radius 1 is 1.17 bits per heavy atom. The van der Waals surface area contributed by atoms with E-state index in [9.17, 15) is 13.2 Å². The second-order valence-corrected chi connectivity index (χ2v) is 8.12. The number of esters is 1. The summed E-state index contributed by atoms with van der Waals surface area (Å²) in [6.07, 6.45) is 4.24. The van der Waals surface area contributed by atoms with E-state index < -0.39 is 10.0 Å². The van der Waals surface area contributed by atoms with E-state index in [0.29, 0.717) is 37.4 Å². The van der Waals surface area contributed by atoms with Gasteiger partial charge in [0, 0.05) is 13.1 Å². The summed E-state index contributed by atoms with van der Waals surface area (Å²) >= 11 is 0. The Balaban J connectivity index is 1.99. The number of rotatable bonds is 7. The van der Waals surface area contributed by atoms with Crippen LogP contribution in [0, 0.1) is 5.92 Å². The van der Waals surface area contributed by atoms with Gasteiger partial charge in [-0.1, -0.05) is 25.5 Å². The third kappa shape index (κ3) is 4.57. The SMILES string of the molecule is CCCCc1ccc(S(=O)(=O)N2CCC(C(=O)OCC)CC2)cc1. The van der Waals surface area contributed by atoms with Gasteiger partial charge in [0.2, 0.25) is 10.0 Å². The Hall–Kier alpha value is -1.40. The lowest BCUT2D eigenvalue weighted by Gasteiger charge is -2.30. The lowest BCUT2D eigenvalue weighted by Crippen LogP contribution is -2.40. The van der Waals surface area contributed by atoms with Crippen molar-refractivity contribution in [2.24, 2.45) is 5.92 Å². The first-order chi connectivity index (χ1) is 11.5. The van der Waals surface area contributed by atoms with E-state index in [0.717, 1.165) is 24.8 Å². The molecule has 1 aliphatic heterocycles. The van der Waals surface area contributed by atoms with E-state index in [1.165, 1.54) is 4.31 Å². The summed E-state index contributed by atoms with van der Waals surface area (Å²) < 4.78 is 32.0. The van der Waals surface area contributed by atoms with Gasteiger partial charge in [0.25, 0.3) is 0 Å². The fraction of sp³-hybridized carbons (Fsp3) is 0.611. The molecule has 1 fully saturated rings. The van der Waals surface area contributed by atoms with Gasteiger partial charge in [-0.25, -0.2) is 8.42 Å². The molecule has 0 aliphatic carbocycles. The molecule has 2 rings (SSSR count). The molecule has 0 amide bonds. The van der Waals surface area contributed by atoms with Crippen molar-refractivity contribution in [2.45, 2.75) is 50.8 Å². The molecule has 6 heteroatoms. The maximum atomic E-state index is 12.7. The van der Waals surface area contributed by atoms with E-state index in [1.807, 2.05) is 12.1 Å². The van der Waals surface area contributed by atoms with Crippen molar-refractivity contribution in [1.29, 1.82) is 0 Å². The number of carbonyl (C=O) groups excluding carboxylic acids is 1. The second-order valence-electron chi connectivity index (χ2n) is 6.18. The molecule has 1 aromatic rings. The highest BCUT2D eigenvalue weighted by atomic mass is 32.2. The molecule has 0 spiro atoms. The fourth-order valence-corrected chi connectivity index (χ4v) is 4.42. The van der Waals surface area contributed by atoms with Crippen molar-refractivity contribution in [3.63, 3.8) is 0 Å². The molecule has 1 heterocycles. The second kappa shape index (κ2) is 8.62. The minimum atomic E-state index is -3.48. The number of unbranched alkanes of at least 4 members (excludes halogenated alkanes) is 1. The molecule has 5 nitrogen and oxygen atoms in total. The highest BCUT2D eigenvalue weighted by molar-refractivity contribution is 7.89. The Bertz CT molecular complexity index is 631. The summed E-state index contributed by atoms with van der Waals surface area (Å²) in [7, 11) is -3.48. The van der Waals surface area contributed by atoms with Gasteiger partial charge in [0.1, 0.15) is 0 Å². The molecule has 0 N–H and O–H groups in total. The Labute approximate surface area is 145 Å². The van der Waals surface area contributed by atoms with Crippen LogP contribution in [-0.4, -0.2) is 38.4 Å². The zero-order chi connectivity index (χ0) is 17.6. The largest absolute Gasteiger partial charge is 0.466 e. The van der Waals surface area contributed by atoms with Gasteiger partial charge >= 0.3 is 5.97 Å². The minimum Gasteiger partial charge on any atom is -0.466 e. The number of sulfonamides is 1. The average Bonchev–Trinajstić information content (AvgIpc) is 2.60. The topological polar surface area (TPSA) is 63.7 Å². The number of ether oxygens (including phenoxy) is 1. The summed E-state index contributed by atoms with van der Waals surface area (Å²) in [6.45, 7) is 5.01. The molecular weight excluding hydrogens is 326 g/mol. The number of carbonyl (C=O) groups is 1. The van der Waals surface area contributed by atoms with Crippen LogP contribution < -0.4 is 0 Å². The monoisotopic (exact) mass is 353 g/mol. The van der Waals surface area contributed by atoms with Crippen LogP contribution in [0.2, 0.25) is 0 Å². The molecule has 1 saturated heterocycles. The normalized spacial score (nSPS) is 16.9. The summed E-state index contributed by atoms with van der Waals surface area (Å²) in [4.78, 5) is 12.1. The van der Waals surface area contributed by atoms with Crippen LogP contribution in [0.15, 0.2) is 29.2 Å². The van der Waals surface area contributed by atoms with Crippen molar-refractivity contribution in [3.8, 4) is 0 Å². The fourth-order valence-electron chi connectivity index (χ4n) is 2.95. The number of hydrogen-bond donors (Lipinski definition) is 0. The molecule has 0 saturated carbocycles. The summed E-state index contributed by atoms with van der Waals surface area (Å²) in [6, 6.07) is 7.18. The smallest absolute Gasteiger partial charge is 0.309 e. The van der Waals surface area contributed by atoms with E-state index in [2.05, 4.69) is 6.92 Å². The molecule has 0 aromatic heterocycles. The number of nitrogens with zero attached hydrogens (tertiary/aromatic N) is 1. The molecule has 0 unspecified atom stereocenters. The van der Waals surface area contributed by atoms with Crippen LogP contribution in [0.4, 0.5) is 0 Å². The number of benzene rings is 1. The van der Waals surface area contributed by atoms with Crippen molar-refractivity contribution in [3.05, 3.63) is 29.8 Å². The summed E-state index contributed by atoms with van der Waals surface area (Å²) in [5.74, 6) is -0.400. The van der Waals surface area contributed by atoms with E-state index >= 15 is 0 Å². The van der Waals surface area contributed by atoms with Crippen LogP contribution in [0.1, 0.15) is 45.1 Å². The zero-order valence-electron chi connectivity index (χ0n) is 14.5. The standard InChI is InChI=1S/C18H27NO4S/c1-3-5-6-15-7-9-17(10-8-15)24(21,22)19-13-11-16(12-14-19)18(20)23-4-2/h7-10,16H,3-6,11-14H2,1-2H3. The lowest BCUT2D eigenvalue weighted by molar-refractivity contribution is -0.149. The predicted octanol–water partition coefficient (Wildman–Crippen LogP) is 2.99. The molecule has 1 aliphatic rings. The minimum absolute atomic E-state index is 0.187. The summed E-state index contributed by atoms with van der Waals surface area (Å²) in [5.41, 5.74) is 1.16. The number of aryl methyl sites for hydroxylation is 1.